The van der Waals surface area contributed by atoms with Crippen LogP contribution in [-0.2, 0) is 32.8 Å². The fraction of sp³-hybridized carbons (Fsp3) is 0.583. The van der Waals surface area contributed by atoms with E-state index in [-0.39, 0.29) is 28.5 Å². The normalized spacial score (nSPS) is 16.3. The Morgan fingerprint density at radius 2 is 1.65 bits per heavy atom. The van der Waals surface area contributed by atoms with Crippen molar-refractivity contribution in [3.05, 3.63) is 35.5 Å². The lowest BCUT2D eigenvalue weighted by Crippen LogP contribution is -2.44. The Labute approximate surface area is 215 Å². The lowest BCUT2D eigenvalue weighted by atomic mass is 9.89. The fourth-order valence-corrected chi connectivity index (χ4v) is 7.31. The summed E-state index contributed by atoms with van der Waals surface area (Å²) in [4.78, 5) is -1.19. The fourth-order valence-electron chi connectivity index (χ4n) is 4.86. The third-order valence-corrected chi connectivity index (χ3v) is 9.58. The van der Waals surface area contributed by atoms with E-state index in [1.165, 1.54) is 26.0 Å². The molecule has 0 unspecified atom stereocenters. The highest BCUT2D eigenvalue weighted by Crippen LogP contribution is 2.39. The van der Waals surface area contributed by atoms with Crippen LogP contribution in [0.2, 0.25) is 0 Å². The first kappa shape index (κ1) is 29.6. The quantitative estimate of drug-likeness (QED) is 0.410. The molecule has 0 spiro atoms. The van der Waals surface area contributed by atoms with E-state index in [0.717, 1.165) is 38.2 Å². The first-order chi connectivity index (χ1) is 17.0. The van der Waals surface area contributed by atoms with Gasteiger partial charge in [0.05, 0.1) is 17.1 Å². The van der Waals surface area contributed by atoms with Gasteiger partial charge in [-0.3, -0.25) is 4.39 Å². The van der Waals surface area contributed by atoms with E-state index in [1.807, 2.05) is 0 Å². The molecular weight excluding hydrogens is 534 g/mol. The van der Waals surface area contributed by atoms with Crippen LogP contribution in [0.4, 0.5) is 17.6 Å². The zero-order valence-corrected chi connectivity index (χ0v) is 22.7. The predicted molar refractivity (Wildman–Crippen MR) is 133 cm³/mol. The maximum Gasteiger partial charge on any atom is 0.417 e. The molecular formula is C24H33F4N3O4S2. The van der Waals surface area contributed by atoms with Gasteiger partial charge in [0.15, 0.2) is 0 Å². The van der Waals surface area contributed by atoms with Gasteiger partial charge in [0.25, 0.3) is 0 Å². The SMILES string of the molecule is Cc1c(S(N)(=O)=O)cc(-c2ccc(S(=O)(=O)NC(C)(C)CCF)c(C(F)(F)F)c2)n1CC1CCCCC1. The second-order valence-corrected chi connectivity index (χ2v) is 13.5. The molecule has 1 fully saturated rings. The van der Waals surface area contributed by atoms with E-state index in [4.69, 9.17) is 5.14 Å². The van der Waals surface area contributed by atoms with Crippen LogP contribution < -0.4 is 9.86 Å². The Bertz CT molecular complexity index is 1340. The van der Waals surface area contributed by atoms with E-state index in [2.05, 4.69) is 4.72 Å². The lowest BCUT2D eigenvalue weighted by molar-refractivity contribution is -0.139. The highest BCUT2D eigenvalue weighted by molar-refractivity contribution is 7.89. The van der Waals surface area contributed by atoms with Crippen molar-refractivity contribution >= 4 is 20.0 Å². The summed E-state index contributed by atoms with van der Waals surface area (Å²) in [5, 5.41) is 5.38. The van der Waals surface area contributed by atoms with Crippen molar-refractivity contribution in [3.63, 3.8) is 0 Å². The number of alkyl halides is 4. The molecule has 208 valence electrons. The molecule has 3 N–H and O–H groups in total. The molecule has 0 bridgehead atoms. The first-order valence-corrected chi connectivity index (χ1v) is 15.0. The zero-order valence-electron chi connectivity index (χ0n) is 21.0. The molecule has 0 radical (unpaired) electrons. The number of aromatic nitrogens is 1. The van der Waals surface area contributed by atoms with Crippen molar-refractivity contribution in [2.45, 2.75) is 87.3 Å². The highest BCUT2D eigenvalue weighted by atomic mass is 32.2. The van der Waals surface area contributed by atoms with Gasteiger partial charge >= 0.3 is 6.18 Å². The van der Waals surface area contributed by atoms with Crippen LogP contribution >= 0.6 is 0 Å². The Kier molecular flexibility index (Phi) is 8.53. The maximum absolute atomic E-state index is 14.1. The van der Waals surface area contributed by atoms with E-state index in [1.54, 1.807) is 11.5 Å². The molecule has 13 heteroatoms. The van der Waals surface area contributed by atoms with Crippen LogP contribution in [0.15, 0.2) is 34.1 Å². The van der Waals surface area contributed by atoms with E-state index in [9.17, 15) is 34.4 Å². The number of nitrogens with two attached hydrogens (primary N) is 1. The molecule has 37 heavy (non-hydrogen) atoms. The maximum atomic E-state index is 14.1. The molecule has 1 heterocycles. The summed E-state index contributed by atoms with van der Waals surface area (Å²) in [6, 6.07) is 4.00. The average Bonchev–Trinajstić information content (AvgIpc) is 3.09. The Morgan fingerprint density at radius 1 is 1.03 bits per heavy atom. The minimum absolute atomic E-state index is 0.00287. The number of rotatable bonds is 9. The van der Waals surface area contributed by atoms with Gasteiger partial charge in [0.1, 0.15) is 4.90 Å². The molecule has 2 aromatic rings. The van der Waals surface area contributed by atoms with Gasteiger partial charge in [-0.05, 0) is 69.7 Å². The van der Waals surface area contributed by atoms with Crippen molar-refractivity contribution in [1.82, 2.24) is 9.29 Å². The van der Waals surface area contributed by atoms with Crippen molar-refractivity contribution in [1.29, 1.82) is 0 Å². The summed E-state index contributed by atoms with van der Waals surface area (Å²) in [7, 11) is -8.83. The molecule has 1 aliphatic rings. The summed E-state index contributed by atoms with van der Waals surface area (Å²) < 4.78 is 109. The number of primary sulfonamides is 1. The van der Waals surface area contributed by atoms with Gasteiger partial charge in [-0.15, -0.1) is 0 Å². The number of halogens is 4. The molecule has 0 saturated heterocycles. The number of hydrogen-bond donors (Lipinski definition) is 2. The molecule has 1 saturated carbocycles. The summed E-state index contributed by atoms with van der Waals surface area (Å²) in [5.41, 5.74) is -2.21. The molecule has 1 aromatic heterocycles. The molecule has 0 atom stereocenters. The second-order valence-electron chi connectivity index (χ2n) is 10.3. The van der Waals surface area contributed by atoms with Crippen molar-refractivity contribution < 1.29 is 34.4 Å². The van der Waals surface area contributed by atoms with Crippen LogP contribution in [0, 0.1) is 12.8 Å². The number of nitrogens with zero attached hydrogens (tertiary/aromatic N) is 1. The van der Waals surface area contributed by atoms with Crippen LogP contribution in [0.3, 0.4) is 0 Å². The van der Waals surface area contributed by atoms with Gasteiger partial charge < -0.3 is 4.57 Å². The molecule has 3 rings (SSSR count). The summed E-state index contributed by atoms with van der Waals surface area (Å²) >= 11 is 0. The van der Waals surface area contributed by atoms with E-state index >= 15 is 0 Å². The largest absolute Gasteiger partial charge is 0.417 e. The summed E-state index contributed by atoms with van der Waals surface area (Å²) in [6.45, 7) is 3.84. The third-order valence-electron chi connectivity index (χ3n) is 6.79. The van der Waals surface area contributed by atoms with E-state index < -0.39 is 48.9 Å². The Hall–Kier alpha value is -1.96. The molecule has 1 aliphatic carbocycles. The minimum Gasteiger partial charge on any atom is -0.343 e. The number of nitrogens with one attached hydrogen (secondary N) is 1. The monoisotopic (exact) mass is 567 g/mol. The molecule has 0 aliphatic heterocycles. The highest BCUT2D eigenvalue weighted by Gasteiger charge is 2.39. The predicted octanol–water partition coefficient (Wildman–Crippen LogP) is 5.13. The van der Waals surface area contributed by atoms with Gasteiger partial charge in [-0.1, -0.05) is 25.3 Å². The number of benzene rings is 1. The Morgan fingerprint density at radius 3 is 2.19 bits per heavy atom. The van der Waals surface area contributed by atoms with Crippen LogP contribution in [0.5, 0.6) is 0 Å². The van der Waals surface area contributed by atoms with Crippen LogP contribution in [0.25, 0.3) is 11.3 Å². The average molecular weight is 568 g/mol. The molecule has 7 nitrogen and oxygen atoms in total. The van der Waals surface area contributed by atoms with Gasteiger partial charge in [0.2, 0.25) is 20.0 Å². The van der Waals surface area contributed by atoms with Gasteiger partial charge in [0, 0.05) is 23.5 Å². The Balaban J connectivity index is 2.17. The molecule has 1 aromatic carbocycles. The van der Waals surface area contributed by atoms with Crippen molar-refractivity contribution in [3.8, 4) is 11.3 Å². The van der Waals surface area contributed by atoms with Crippen molar-refractivity contribution in [2.75, 3.05) is 6.67 Å². The lowest BCUT2D eigenvalue weighted by Gasteiger charge is -2.26. The van der Waals surface area contributed by atoms with Crippen molar-refractivity contribution in [2.24, 2.45) is 11.1 Å². The van der Waals surface area contributed by atoms with Gasteiger partial charge in [-0.2, -0.15) is 13.2 Å². The first-order valence-electron chi connectivity index (χ1n) is 12.0. The standard InChI is InChI=1S/C24H33F4N3O4S2/c1-16-22(36(29,32)33)14-20(31(16)15-17-7-5-4-6-8-17)18-9-10-21(19(13-18)24(26,27)28)37(34,35)30-23(2,3)11-12-25/h9-10,13-14,17,30H,4-8,11-12,15H2,1-3H3,(H2,29,32,33). The smallest absolute Gasteiger partial charge is 0.343 e. The second kappa shape index (κ2) is 10.7. The van der Waals surface area contributed by atoms with E-state index in [0.29, 0.717) is 18.3 Å². The summed E-state index contributed by atoms with van der Waals surface area (Å²) in [5.74, 6) is 0.218. The topological polar surface area (TPSA) is 111 Å². The summed E-state index contributed by atoms with van der Waals surface area (Å²) in [6.07, 6.45) is -0.325. The van der Waals surface area contributed by atoms with Crippen LogP contribution in [0.1, 0.15) is 63.6 Å². The number of hydrogen-bond acceptors (Lipinski definition) is 4. The molecule has 0 amide bonds. The third kappa shape index (κ3) is 6.92. The van der Waals surface area contributed by atoms with Gasteiger partial charge in [-0.25, -0.2) is 26.7 Å². The zero-order chi connectivity index (χ0) is 27.8. The number of sulfonamides is 2. The minimum atomic E-state index is -5.04. The van der Waals surface area contributed by atoms with Crippen LogP contribution in [-0.4, -0.2) is 33.6 Å².